The van der Waals surface area contributed by atoms with Crippen LogP contribution in [0.25, 0.3) is 32.9 Å². The summed E-state index contributed by atoms with van der Waals surface area (Å²) in [7, 11) is 3.93. The van der Waals surface area contributed by atoms with Gasteiger partial charge in [-0.2, -0.15) is 0 Å². The van der Waals surface area contributed by atoms with Crippen molar-refractivity contribution in [1.29, 1.82) is 0 Å². The number of carbonyl (C=O) groups is 3. The van der Waals surface area contributed by atoms with Gasteiger partial charge in [0, 0.05) is 46.5 Å². The van der Waals surface area contributed by atoms with E-state index in [-0.39, 0.29) is 28.3 Å². The summed E-state index contributed by atoms with van der Waals surface area (Å²) in [6.45, 7) is 1.58. The van der Waals surface area contributed by atoms with Crippen LogP contribution in [-0.2, 0) is 7.05 Å². The number of rotatable bonds is 5. The van der Waals surface area contributed by atoms with E-state index in [0.29, 0.717) is 50.5 Å². The SMILES string of the molecule is CN1CCCC1CCNC(=O)c1cc2c(cc1O)c1c3c(c(-c4ccccc4Cl)cc1n2C)C(=O)NC3=O. The molecule has 4 aromatic rings. The Hall–Kier alpha value is -3.88. The number of fused-ring (bicyclic) bond motifs is 5. The lowest BCUT2D eigenvalue weighted by Crippen LogP contribution is -2.31. The van der Waals surface area contributed by atoms with Crippen molar-refractivity contribution in [2.24, 2.45) is 7.05 Å². The molecule has 3 N–H and O–H groups in total. The molecule has 0 bridgehead atoms. The van der Waals surface area contributed by atoms with Gasteiger partial charge >= 0.3 is 0 Å². The lowest BCUT2D eigenvalue weighted by Gasteiger charge is -2.19. The number of hydrogen-bond donors (Lipinski definition) is 3. The molecular weight excluding hydrogens is 504 g/mol. The number of benzene rings is 3. The van der Waals surface area contributed by atoms with E-state index >= 15 is 0 Å². The van der Waals surface area contributed by atoms with Gasteiger partial charge in [-0.1, -0.05) is 29.8 Å². The third kappa shape index (κ3) is 3.75. The summed E-state index contributed by atoms with van der Waals surface area (Å²) in [6, 6.07) is 12.6. The van der Waals surface area contributed by atoms with Gasteiger partial charge in [-0.25, -0.2) is 0 Å². The molecule has 1 unspecified atom stereocenters. The van der Waals surface area contributed by atoms with Gasteiger partial charge in [-0.3, -0.25) is 19.7 Å². The van der Waals surface area contributed by atoms with Gasteiger partial charge in [0.1, 0.15) is 5.75 Å². The topological polar surface area (TPSA) is 104 Å². The molecule has 0 saturated carbocycles. The lowest BCUT2D eigenvalue weighted by molar-refractivity contribution is 0.0878. The van der Waals surface area contributed by atoms with Crippen molar-refractivity contribution in [3.8, 4) is 16.9 Å². The van der Waals surface area contributed by atoms with Crippen LogP contribution in [0.15, 0.2) is 42.5 Å². The molecule has 3 heterocycles. The van der Waals surface area contributed by atoms with Crippen molar-refractivity contribution in [3.05, 3.63) is 64.2 Å². The van der Waals surface area contributed by atoms with E-state index in [1.807, 2.05) is 23.7 Å². The normalized spacial score (nSPS) is 17.4. The van der Waals surface area contributed by atoms with E-state index in [1.54, 1.807) is 24.3 Å². The van der Waals surface area contributed by atoms with E-state index in [1.165, 1.54) is 12.5 Å². The molecule has 38 heavy (non-hydrogen) atoms. The number of aryl methyl sites for hydroxylation is 1. The van der Waals surface area contributed by atoms with Crippen LogP contribution in [0.2, 0.25) is 5.02 Å². The van der Waals surface area contributed by atoms with Gasteiger partial charge < -0.3 is 19.9 Å². The molecule has 2 aliphatic rings. The number of carbonyl (C=O) groups excluding carboxylic acids is 3. The van der Waals surface area contributed by atoms with Crippen LogP contribution in [0, 0.1) is 0 Å². The highest BCUT2D eigenvalue weighted by Crippen LogP contribution is 2.42. The van der Waals surface area contributed by atoms with Crippen molar-refractivity contribution in [3.63, 3.8) is 0 Å². The number of amides is 3. The Balaban J connectivity index is 1.47. The number of hydrogen-bond acceptors (Lipinski definition) is 5. The standard InChI is InChI=1S/C29H27ClN4O4/c1-33-11-5-6-15(33)9-10-31-27(36)19-13-21-18(14-23(19)35)24-22(34(21)2)12-17(16-7-3-4-8-20(16)30)25-26(24)29(38)32-28(25)37/h3-4,7-8,12-15,35H,5-6,9-11H2,1-2H3,(H,31,36)(H,32,37,38). The highest BCUT2D eigenvalue weighted by molar-refractivity contribution is 6.36. The van der Waals surface area contributed by atoms with Crippen molar-refractivity contribution < 1.29 is 19.5 Å². The molecule has 1 aromatic heterocycles. The van der Waals surface area contributed by atoms with E-state index in [9.17, 15) is 19.5 Å². The average Bonchev–Trinajstić information content (AvgIpc) is 3.52. The van der Waals surface area contributed by atoms with E-state index < -0.39 is 11.8 Å². The van der Waals surface area contributed by atoms with Crippen LogP contribution in [0.3, 0.4) is 0 Å². The van der Waals surface area contributed by atoms with Gasteiger partial charge in [0.25, 0.3) is 17.7 Å². The molecule has 3 amide bonds. The third-order valence-electron chi connectivity index (χ3n) is 7.94. The van der Waals surface area contributed by atoms with Gasteiger partial charge in [0.05, 0.1) is 22.2 Å². The molecule has 6 rings (SSSR count). The van der Waals surface area contributed by atoms with Crippen molar-refractivity contribution in [2.75, 3.05) is 20.1 Å². The second kappa shape index (κ2) is 9.15. The summed E-state index contributed by atoms with van der Waals surface area (Å²) in [5.41, 5.74) is 3.17. The van der Waals surface area contributed by atoms with Crippen molar-refractivity contribution in [1.82, 2.24) is 20.1 Å². The first kappa shape index (κ1) is 24.5. The molecular formula is C29H27ClN4O4. The van der Waals surface area contributed by atoms with Gasteiger partial charge in [0.15, 0.2) is 0 Å². The minimum atomic E-state index is -0.505. The summed E-state index contributed by atoms with van der Waals surface area (Å²) in [6.07, 6.45) is 3.13. The molecule has 8 nitrogen and oxygen atoms in total. The molecule has 1 atom stereocenters. The lowest BCUT2D eigenvalue weighted by atomic mass is 9.92. The molecule has 0 aliphatic carbocycles. The van der Waals surface area contributed by atoms with Gasteiger partial charge in [0.2, 0.25) is 0 Å². The van der Waals surface area contributed by atoms with Crippen LogP contribution in [0.5, 0.6) is 5.75 Å². The molecule has 3 aromatic carbocycles. The van der Waals surface area contributed by atoms with Crippen LogP contribution in [0.1, 0.15) is 50.3 Å². The summed E-state index contributed by atoms with van der Waals surface area (Å²) >= 11 is 6.48. The number of likely N-dealkylation sites (tertiary alicyclic amines) is 1. The average molecular weight is 531 g/mol. The number of aromatic hydroxyl groups is 1. The first-order valence-corrected chi connectivity index (χ1v) is 13.0. The molecule has 194 valence electrons. The molecule has 2 aliphatic heterocycles. The Bertz CT molecular complexity index is 1670. The fraction of sp³-hybridized carbons (Fsp3) is 0.276. The fourth-order valence-corrected chi connectivity index (χ4v) is 6.18. The summed E-state index contributed by atoms with van der Waals surface area (Å²) in [5, 5.41) is 17.8. The van der Waals surface area contributed by atoms with E-state index in [2.05, 4.69) is 22.6 Å². The largest absolute Gasteiger partial charge is 0.507 e. The maximum absolute atomic E-state index is 13.0. The minimum absolute atomic E-state index is 0.159. The predicted molar refractivity (Wildman–Crippen MR) is 147 cm³/mol. The summed E-state index contributed by atoms with van der Waals surface area (Å²) in [4.78, 5) is 41.3. The number of nitrogens with zero attached hydrogens (tertiary/aromatic N) is 2. The number of aromatic nitrogens is 1. The van der Waals surface area contributed by atoms with Gasteiger partial charge in [-0.15, -0.1) is 0 Å². The molecule has 0 radical (unpaired) electrons. The second-order valence-electron chi connectivity index (χ2n) is 10.1. The summed E-state index contributed by atoms with van der Waals surface area (Å²) < 4.78 is 1.87. The van der Waals surface area contributed by atoms with Gasteiger partial charge in [-0.05, 0) is 62.7 Å². The second-order valence-corrected chi connectivity index (χ2v) is 10.5. The Morgan fingerprint density at radius 3 is 2.58 bits per heavy atom. The van der Waals surface area contributed by atoms with Crippen LogP contribution < -0.4 is 10.6 Å². The fourth-order valence-electron chi connectivity index (χ4n) is 5.95. The van der Waals surface area contributed by atoms with E-state index in [0.717, 1.165) is 19.4 Å². The maximum atomic E-state index is 13.0. The number of halogens is 1. The van der Waals surface area contributed by atoms with Crippen LogP contribution in [0.4, 0.5) is 0 Å². The Morgan fingerprint density at radius 1 is 1.08 bits per heavy atom. The number of phenols is 1. The first-order chi connectivity index (χ1) is 18.3. The molecule has 1 saturated heterocycles. The Kier molecular flexibility index (Phi) is 5.89. The zero-order valence-electron chi connectivity index (χ0n) is 21.1. The highest BCUT2D eigenvalue weighted by Gasteiger charge is 2.35. The number of phenolic OH excluding ortho intramolecular Hbond substituents is 1. The Labute approximate surface area is 224 Å². The maximum Gasteiger partial charge on any atom is 0.259 e. The molecule has 1 fully saturated rings. The van der Waals surface area contributed by atoms with Crippen molar-refractivity contribution in [2.45, 2.75) is 25.3 Å². The van der Waals surface area contributed by atoms with E-state index in [4.69, 9.17) is 11.6 Å². The van der Waals surface area contributed by atoms with Crippen molar-refractivity contribution >= 4 is 51.1 Å². The third-order valence-corrected chi connectivity index (χ3v) is 8.27. The highest BCUT2D eigenvalue weighted by atomic mass is 35.5. The summed E-state index contributed by atoms with van der Waals surface area (Å²) in [5.74, 6) is -1.54. The minimum Gasteiger partial charge on any atom is -0.507 e. The zero-order valence-corrected chi connectivity index (χ0v) is 21.9. The zero-order chi connectivity index (χ0) is 26.7. The Morgan fingerprint density at radius 2 is 1.84 bits per heavy atom. The smallest absolute Gasteiger partial charge is 0.259 e. The monoisotopic (exact) mass is 530 g/mol. The quantitative estimate of drug-likeness (QED) is 0.331. The number of nitrogens with one attached hydrogen (secondary N) is 2. The first-order valence-electron chi connectivity index (χ1n) is 12.7. The van der Waals surface area contributed by atoms with Crippen LogP contribution >= 0.6 is 11.6 Å². The molecule has 9 heteroatoms. The number of imide groups is 1. The van der Waals surface area contributed by atoms with Crippen LogP contribution in [-0.4, -0.2) is 58.5 Å². The predicted octanol–water partition coefficient (Wildman–Crippen LogP) is 4.46. The molecule has 0 spiro atoms.